The Balaban J connectivity index is 1.69. The van der Waals surface area contributed by atoms with Gasteiger partial charge in [0.15, 0.2) is 0 Å². The van der Waals surface area contributed by atoms with Crippen LogP contribution in [0.25, 0.3) is 0 Å². The maximum atomic E-state index is 13.5. The molecule has 1 amide bonds. The van der Waals surface area contributed by atoms with Gasteiger partial charge in [0, 0.05) is 25.7 Å². The summed E-state index contributed by atoms with van der Waals surface area (Å²) in [6.07, 6.45) is 1.32. The molecular formula is C24H23FN2O3S. The van der Waals surface area contributed by atoms with Crippen LogP contribution in [-0.4, -0.2) is 32.2 Å². The topological polar surface area (TPSA) is 57.7 Å². The first-order valence-corrected chi connectivity index (χ1v) is 11.5. The van der Waals surface area contributed by atoms with Crippen molar-refractivity contribution in [1.29, 1.82) is 0 Å². The average molecular weight is 439 g/mol. The van der Waals surface area contributed by atoms with E-state index in [0.717, 1.165) is 12.0 Å². The highest BCUT2D eigenvalue weighted by atomic mass is 32.2. The molecule has 0 aromatic heterocycles. The summed E-state index contributed by atoms with van der Waals surface area (Å²) in [5.74, 6) is -0.332. The first-order chi connectivity index (χ1) is 14.9. The average Bonchev–Trinajstić information content (AvgIpc) is 3.22. The Kier molecular flexibility index (Phi) is 5.89. The van der Waals surface area contributed by atoms with Crippen molar-refractivity contribution in [3.8, 4) is 0 Å². The van der Waals surface area contributed by atoms with Gasteiger partial charge in [0.2, 0.25) is 15.9 Å². The number of sulfonamides is 1. The fourth-order valence-electron chi connectivity index (χ4n) is 3.92. The van der Waals surface area contributed by atoms with Gasteiger partial charge in [-0.3, -0.25) is 4.79 Å². The van der Waals surface area contributed by atoms with Crippen molar-refractivity contribution in [3.63, 3.8) is 0 Å². The molecule has 0 unspecified atom stereocenters. The lowest BCUT2D eigenvalue weighted by Gasteiger charge is -2.28. The van der Waals surface area contributed by atoms with Crippen LogP contribution in [0.5, 0.6) is 0 Å². The zero-order valence-electron chi connectivity index (χ0n) is 17.1. The first kappa shape index (κ1) is 21.2. The number of carbonyl (C=O) groups is 1. The van der Waals surface area contributed by atoms with E-state index in [9.17, 15) is 17.6 Å². The van der Waals surface area contributed by atoms with Crippen molar-refractivity contribution in [3.05, 3.63) is 95.8 Å². The highest BCUT2D eigenvalue weighted by molar-refractivity contribution is 7.89. The Morgan fingerprint density at radius 2 is 1.52 bits per heavy atom. The standard InChI is InChI=1S/C24H23FN2O3S/c1-26(24(18-6-3-2-4-7-18)19-9-11-20(25)12-10-19)31(29,30)22-15-13-21(14-16-22)27-17-5-8-23(27)28/h2-4,6-7,9-16,24H,5,8,17H2,1H3/t24-/m0/s1. The number of nitrogens with zero attached hydrogens (tertiary/aromatic N) is 2. The molecule has 3 aromatic rings. The van der Waals surface area contributed by atoms with Gasteiger partial charge in [-0.25, -0.2) is 12.8 Å². The first-order valence-electron chi connectivity index (χ1n) is 10.1. The molecule has 0 aliphatic carbocycles. The molecule has 0 N–H and O–H groups in total. The SMILES string of the molecule is CN([C@@H](c1ccccc1)c1ccc(F)cc1)S(=O)(=O)c1ccc(N2CCCC2=O)cc1. The highest BCUT2D eigenvalue weighted by Crippen LogP contribution is 2.33. The summed E-state index contributed by atoms with van der Waals surface area (Å²) in [6.45, 7) is 0.644. The number of hydrogen-bond acceptors (Lipinski definition) is 3. The van der Waals surface area contributed by atoms with Crippen LogP contribution in [0, 0.1) is 5.82 Å². The maximum Gasteiger partial charge on any atom is 0.243 e. The number of carbonyl (C=O) groups excluding carboxylic acids is 1. The second-order valence-corrected chi connectivity index (χ2v) is 9.53. The Hall–Kier alpha value is -3.03. The Bertz CT molecular complexity index is 1160. The number of rotatable bonds is 6. The molecule has 1 saturated heterocycles. The van der Waals surface area contributed by atoms with Crippen LogP contribution in [0.2, 0.25) is 0 Å². The largest absolute Gasteiger partial charge is 0.312 e. The molecule has 160 valence electrons. The van der Waals surface area contributed by atoms with E-state index in [1.54, 1.807) is 29.2 Å². The molecule has 7 heteroatoms. The summed E-state index contributed by atoms with van der Waals surface area (Å²) in [5, 5.41) is 0. The second-order valence-electron chi connectivity index (χ2n) is 7.53. The van der Waals surface area contributed by atoms with Crippen LogP contribution in [0.15, 0.2) is 83.8 Å². The van der Waals surface area contributed by atoms with E-state index in [-0.39, 0.29) is 16.6 Å². The molecule has 0 saturated carbocycles. The summed E-state index contributed by atoms with van der Waals surface area (Å²) in [5.41, 5.74) is 2.14. The molecule has 0 radical (unpaired) electrons. The highest BCUT2D eigenvalue weighted by Gasteiger charge is 2.31. The van der Waals surface area contributed by atoms with E-state index in [2.05, 4.69) is 0 Å². The monoisotopic (exact) mass is 438 g/mol. The third-order valence-corrected chi connectivity index (χ3v) is 7.40. The van der Waals surface area contributed by atoms with Gasteiger partial charge in [-0.05, 0) is 53.9 Å². The smallest absolute Gasteiger partial charge is 0.243 e. The molecule has 4 rings (SSSR count). The van der Waals surface area contributed by atoms with E-state index in [1.807, 2.05) is 30.3 Å². The summed E-state index contributed by atoms with van der Waals surface area (Å²) >= 11 is 0. The number of anilines is 1. The van der Waals surface area contributed by atoms with Gasteiger partial charge in [-0.2, -0.15) is 4.31 Å². The fraction of sp³-hybridized carbons (Fsp3) is 0.208. The van der Waals surface area contributed by atoms with E-state index in [4.69, 9.17) is 0 Å². The van der Waals surface area contributed by atoms with Gasteiger partial charge >= 0.3 is 0 Å². The third-order valence-electron chi connectivity index (χ3n) is 5.56. The van der Waals surface area contributed by atoms with Gasteiger partial charge in [-0.15, -0.1) is 0 Å². The van der Waals surface area contributed by atoms with Gasteiger partial charge < -0.3 is 4.90 Å². The summed E-state index contributed by atoms with van der Waals surface area (Å²) in [6, 6.07) is 20.9. The van der Waals surface area contributed by atoms with Gasteiger partial charge in [0.25, 0.3) is 0 Å². The van der Waals surface area contributed by atoms with E-state index >= 15 is 0 Å². The van der Waals surface area contributed by atoms with Gasteiger partial charge in [-0.1, -0.05) is 42.5 Å². The van der Waals surface area contributed by atoms with Crippen molar-refractivity contribution in [2.24, 2.45) is 0 Å². The van der Waals surface area contributed by atoms with Crippen LogP contribution in [0.3, 0.4) is 0 Å². The number of halogens is 1. The number of hydrogen-bond donors (Lipinski definition) is 0. The van der Waals surface area contributed by atoms with Crippen molar-refractivity contribution in [1.82, 2.24) is 4.31 Å². The van der Waals surface area contributed by atoms with Crippen LogP contribution in [0.1, 0.15) is 30.0 Å². The minimum Gasteiger partial charge on any atom is -0.312 e. The third kappa shape index (κ3) is 4.24. The lowest BCUT2D eigenvalue weighted by molar-refractivity contribution is -0.117. The number of amides is 1. The van der Waals surface area contributed by atoms with Crippen LogP contribution < -0.4 is 4.90 Å². The van der Waals surface area contributed by atoms with E-state index in [1.165, 1.54) is 35.6 Å². The predicted molar refractivity (Wildman–Crippen MR) is 118 cm³/mol. The minimum absolute atomic E-state index is 0.0492. The zero-order chi connectivity index (χ0) is 22.0. The zero-order valence-corrected chi connectivity index (χ0v) is 17.9. The maximum absolute atomic E-state index is 13.5. The Labute approximate surface area is 181 Å². The number of benzene rings is 3. The van der Waals surface area contributed by atoms with Gasteiger partial charge in [0.05, 0.1) is 10.9 Å². The lowest BCUT2D eigenvalue weighted by Crippen LogP contribution is -2.32. The molecular weight excluding hydrogens is 415 g/mol. The molecule has 31 heavy (non-hydrogen) atoms. The van der Waals surface area contributed by atoms with Crippen molar-refractivity contribution in [2.45, 2.75) is 23.8 Å². The normalized spacial score (nSPS) is 15.5. The predicted octanol–water partition coefficient (Wildman–Crippen LogP) is 4.36. The molecule has 1 fully saturated rings. The van der Waals surface area contributed by atoms with Gasteiger partial charge in [0.1, 0.15) is 5.82 Å². The fourth-order valence-corrected chi connectivity index (χ4v) is 5.25. The summed E-state index contributed by atoms with van der Waals surface area (Å²) in [7, 11) is -2.34. The second kappa shape index (κ2) is 8.61. The molecule has 1 atom stereocenters. The molecule has 3 aromatic carbocycles. The van der Waals surface area contributed by atoms with Crippen LogP contribution in [0.4, 0.5) is 10.1 Å². The lowest BCUT2D eigenvalue weighted by atomic mass is 9.99. The molecule has 1 aliphatic rings. The Morgan fingerprint density at radius 1 is 0.903 bits per heavy atom. The molecule has 0 bridgehead atoms. The van der Waals surface area contributed by atoms with Crippen molar-refractivity contribution < 1.29 is 17.6 Å². The summed E-state index contributed by atoms with van der Waals surface area (Å²) < 4.78 is 41.7. The molecule has 1 heterocycles. The van der Waals surface area contributed by atoms with E-state index in [0.29, 0.717) is 24.2 Å². The van der Waals surface area contributed by atoms with Crippen LogP contribution in [-0.2, 0) is 14.8 Å². The quantitative estimate of drug-likeness (QED) is 0.575. The molecule has 1 aliphatic heterocycles. The Morgan fingerprint density at radius 3 is 2.10 bits per heavy atom. The molecule has 0 spiro atoms. The van der Waals surface area contributed by atoms with Crippen LogP contribution >= 0.6 is 0 Å². The van der Waals surface area contributed by atoms with Crippen molar-refractivity contribution in [2.75, 3.05) is 18.5 Å². The van der Waals surface area contributed by atoms with Crippen molar-refractivity contribution >= 4 is 21.6 Å². The van der Waals surface area contributed by atoms with E-state index < -0.39 is 16.1 Å². The summed E-state index contributed by atoms with van der Waals surface area (Å²) in [4.78, 5) is 13.8. The minimum atomic E-state index is -3.86. The molecule has 5 nitrogen and oxygen atoms in total.